The van der Waals surface area contributed by atoms with E-state index in [4.69, 9.17) is 9.15 Å². The zero-order valence-electron chi connectivity index (χ0n) is 17.6. The van der Waals surface area contributed by atoms with Gasteiger partial charge in [-0.2, -0.15) is 0 Å². The van der Waals surface area contributed by atoms with E-state index < -0.39 is 11.8 Å². The summed E-state index contributed by atoms with van der Waals surface area (Å²) < 4.78 is 10.9. The van der Waals surface area contributed by atoms with E-state index in [0.717, 1.165) is 44.1 Å². The van der Waals surface area contributed by atoms with Crippen molar-refractivity contribution in [3.8, 4) is 5.75 Å². The van der Waals surface area contributed by atoms with E-state index in [9.17, 15) is 9.59 Å². The Kier molecular flexibility index (Phi) is 7.73. The van der Waals surface area contributed by atoms with Gasteiger partial charge in [-0.3, -0.25) is 9.59 Å². The van der Waals surface area contributed by atoms with Gasteiger partial charge in [0.15, 0.2) is 11.8 Å². The molecule has 8 heteroatoms. The minimum Gasteiger partial charge on any atom is -0.497 e. The molecule has 1 fully saturated rings. The average molecular weight is 416 g/mol. The van der Waals surface area contributed by atoms with Gasteiger partial charge in [0, 0.05) is 12.2 Å². The molecule has 1 aliphatic rings. The first-order chi connectivity index (χ1) is 14.6. The molecule has 1 aromatic carbocycles. The molecule has 0 spiro atoms. The number of hydrogen-bond acceptors (Lipinski definition) is 5. The van der Waals surface area contributed by atoms with Crippen LogP contribution in [0, 0.1) is 0 Å². The summed E-state index contributed by atoms with van der Waals surface area (Å²) >= 11 is 0. The van der Waals surface area contributed by atoms with Gasteiger partial charge in [-0.25, -0.2) is 0 Å². The number of hydrogen-bond donors (Lipinski definition) is 3. The molecule has 162 valence electrons. The lowest BCUT2D eigenvalue weighted by molar-refractivity contribution is -0.932. The van der Waals surface area contributed by atoms with Crippen molar-refractivity contribution in [2.45, 2.75) is 19.4 Å². The Morgan fingerprint density at radius 3 is 2.43 bits per heavy atom. The van der Waals surface area contributed by atoms with Gasteiger partial charge in [0.2, 0.25) is 0 Å². The van der Waals surface area contributed by atoms with Crippen molar-refractivity contribution >= 4 is 17.5 Å². The smallest absolute Gasteiger partial charge is 0.309 e. The number of furan rings is 1. The van der Waals surface area contributed by atoms with Gasteiger partial charge in [0.1, 0.15) is 5.75 Å². The number of benzene rings is 1. The van der Waals surface area contributed by atoms with Gasteiger partial charge in [0.05, 0.1) is 46.1 Å². The molecule has 0 radical (unpaired) electrons. The normalized spacial score (nSPS) is 15.5. The molecular weight excluding hydrogens is 384 g/mol. The summed E-state index contributed by atoms with van der Waals surface area (Å²) in [4.78, 5) is 27.6. The third-order valence-electron chi connectivity index (χ3n) is 5.43. The van der Waals surface area contributed by atoms with Crippen molar-refractivity contribution in [3.63, 3.8) is 0 Å². The molecule has 2 amide bonds. The average Bonchev–Trinajstić information content (AvgIpc) is 3.32. The van der Waals surface area contributed by atoms with Gasteiger partial charge in [-0.05, 0) is 42.8 Å². The molecule has 2 heterocycles. The number of nitrogens with one attached hydrogen (secondary N) is 3. The van der Waals surface area contributed by atoms with Gasteiger partial charge in [-0.1, -0.05) is 6.92 Å². The lowest BCUT2D eigenvalue weighted by Gasteiger charge is -2.37. The topological polar surface area (TPSA) is 88.2 Å². The zero-order valence-corrected chi connectivity index (χ0v) is 17.6. The van der Waals surface area contributed by atoms with Crippen LogP contribution in [0.4, 0.5) is 5.69 Å². The molecule has 0 saturated carbocycles. The summed E-state index contributed by atoms with van der Waals surface area (Å²) in [5.41, 5.74) is 1.17. The first-order valence-corrected chi connectivity index (χ1v) is 10.5. The Labute approximate surface area is 177 Å². The van der Waals surface area contributed by atoms with Gasteiger partial charge < -0.3 is 29.6 Å². The number of amides is 2. The highest BCUT2D eigenvalue weighted by Crippen LogP contribution is 2.19. The maximum Gasteiger partial charge on any atom is 0.309 e. The first-order valence-electron chi connectivity index (χ1n) is 10.5. The lowest BCUT2D eigenvalue weighted by atomic mass is 10.1. The predicted molar refractivity (Wildman–Crippen MR) is 114 cm³/mol. The number of carbonyl (C=O) groups is 2. The maximum absolute atomic E-state index is 12.1. The van der Waals surface area contributed by atoms with Gasteiger partial charge >= 0.3 is 11.8 Å². The Morgan fingerprint density at radius 2 is 1.83 bits per heavy atom. The second-order valence-electron chi connectivity index (χ2n) is 7.38. The molecule has 1 aliphatic heterocycles. The van der Waals surface area contributed by atoms with Crippen LogP contribution in [0.2, 0.25) is 0 Å². The number of nitrogens with zero attached hydrogens (tertiary/aromatic N) is 1. The fourth-order valence-corrected chi connectivity index (χ4v) is 3.72. The zero-order chi connectivity index (χ0) is 21.3. The fraction of sp³-hybridized carbons (Fsp3) is 0.455. The van der Waals surface area contributed by atoms with Crippen molar-refractivity contribution in [2.24, 2.45) is 0 Å². The molecule has 30 heavy (non-hydrogen) atoms. The van der Waals surface area contributed by atoms with E-state index in [1.807, 2.05) is 31.2 Å². The summed E-state index contributed by atoms with van der Waals surface area (Å²) in [5, 5.41) is 5.38. The summed E-state index contributed by atoms with van der Waals surface area (Å²) in [6.45, 7) is 6.37. The number of ether oxygens (including phenoxy) is 1. The summed E-state index contributed by atoms with van der Waals surface area (Å²) in [7, 11) is 1.66. The lowest BCUT2D eigenvalue weighted by Crippen LogP contribution is -3.15. The number of piperazine rings is 1. The highest BCUT2D eigenvalue weighted by molar-refractivity contribution is 6.35. The van der Waals surface area contributed by atoms with E-state index in [1.165, 1.54) is 10.6 Å². The number of anilines is 1. The SMILES string of the molecule is CCCNC(=O)C(=O)NC[C@@H](c1ccco1)[NH+]1CCN(c2ccc(OC)cc2)CC1. The monoisotopic (exact) mass is 415 g/mol. The number of methoxy groups -OCH3 is 1. The van der Waals surface area contributed by atoms with E-state index in [2.05, 4.69) is 27.7 Å². The van der Waals surface area contributed by atoms with E-state index in [0.29, 0.717) is 13.1 Å². The molecule has 8 nitrogen and oxygen atoms in total. The summed E-state index contributed by atoms with van der Waals surface area (Å²) in [6.07, 6.45) is 2.43. The number of carbonyl (C=O) groups excluding carboxylic acids is 2. The van der Waals surface area contributed by atoms with Crippen LogP contribution in [-0.4, -0.2) is 58.2 Å². The Hall–Kier alpha value is -3.00. The molecule has 0 unspecified atom stereocenters. The molecule has 1 aromatic heterocycles. The van der Waals surface area contributed by atoms with Crippen LogP contribution < -0.4 is 25.2 Å². The van der Waals surface area contributed by atoms with E-state index in [1.54, 1.807) is 13.4 Å². The van der Waals surface area contributed by atoms with Crippen LogP contribution >= 0.6 is 0 Å². The Balaban J connectivity index is 1.58. The quantitative estimate of drug-likeness (QED) is 0.543. The van der Waals surface area contributed by atoms with Crippen molar-refractivity contribution in [3.05, 3.63) is 48.4 Å². The van der Waals surface area contributed by atoms with Crippen LogP contribution in [0.25, 0.3) is 0 Å². The van der Waals surface area contributed by atoms with Crippen molar-refractivity contribution in [2.75, 3.05) is 51.3 Å². The minimum atomic E-state index is -0.601. The molecule has 3 N–H and O–H groups in total. The number of quaternary nitrogens is 1. The molecule has 1 saturated heterocycles. The van der Waals surface area contributed by atoms with Crippen LogP contribution in [0.15, 0.2) is 47.1 Å². The highest BCUT2D eigenvalue weighted by atomic mass is 16.5. The van der Waals surface area contributed by atoms with E-state index in [-0.39, 0.29) is 6.04 Å². The fourth-order valence-electron chi connectivity index (χ4n) is 3.72. The second kappa shape index (κ2) is 10.7. The van der Waals surface area contributed by atoms with Crippen molar-refractivity contribution < 1.29 is 23.6 Å². The van der Waals surface area contributed by atoms with Crippen LogP contribution in [0.1, 0.15) is 25.1 Å². The predicted octanol–water partition coefficient (Wildman–Crippen LogP) is 0.377. The molecule has 3 rings (SSSR count). The molecule has 1 atom stereocenters. The Morgan fingerprint density at radius 1 is 1.13 bits per heavy atom. The third-order valence-corrected chi connectivity index (χ3v) is 5.43. The summed E-state index contributed by atoms with van der Waals surface area (Å²) in [5.74, 6) is 0.474. The number of rotatable bonds is 8. The van der Waals surface area contributed by atoms with Crippen molar-refractivity contribution in [1.82, 2.24) is 10.6 Å². The van der Waals surface area contributed by atoms with Gasteiger partial charge in [0.25, 0.3) is 0 Å². The second-order valence-corrected chi connectivity index (χ2v) is 7.38. The van der Waals surface area contributed by atoms with E-state index >= 15 is 0 Å². The maximum atomic E-state index is 12.1. The van der Waals surface area contributed by atoms with Crippen LogP contribution in [0.5, 0.6) is 5.75 Å². The largest absolute Gasteiger partial charge is 0.497 e. The Bertz CT molecular complexity index is 799. The molecular formula is C22H31N4O4+. The standard InChI is InChI=1S/C22H30N4O4/c1-3-10-23-21(27)22(28)24-16-19(20-5-4-15-30-20)26-13-11-25(12-14-26)17-6-8-18(29-2)9-7-17/h4-9,15,19H,3,10-14,16H2,1-2H3,(H,23,27)(H,24,28)/p+1/t19-/m0/s1. The third kappa shape index (κ3) is 5.54. The molecule has 2 aromatic rings. The molecule has 0 aliphatic carbocycles. The van der Waals surface area contributed by atoms with Crippen molar-refractivity contribution in [1.29, 1.82) is 0 Å². The van der Waals surface area contributed by atoms with Gasteiger partial charge in [-0.15, -0.1) is 0 Å². The first kappa shape index (κ1) is 21.7. The highest BCUT2D eigenvalue weighted by Gasteiger charge is 2.31. The van der Waals surface area contributed by atoms with Crippen LogP contribution in [0.3, 0.4) is 0 Å². The minimum absolute atomic E-state index is 0.0408. The molecule has 0 bridgehead atoms. The van der Waals surface area contributed by atoms with Crippen LogP contribution in [-0.2, 0) is 9.59 Å². The summed E-state index contributed by atoms with van der Waals surface area (Å²) in [6, 6.07) is 11.8.